The van der Waals surface area contributed by atoms with Gasteiger partial charge in [-0.1, -0.05) is 19.1 Å². The van der Waals surface area contributed by atoms with Crippen LogP contribution in [0.4, 0.5) is 0 Å². The molecule has 0 aromatic heterocycles. The van der Waals surface area contributed by atoms with Crippen LogP contribution < -0.4 is 0 Å². The lowest BCUT2D eigenvalue weighted by Crippen LogP contribution is -2.57. The summed E-state index contributed by atoms with van der Waals surface area (Å²) in [4.78, 5) is 38.0. The van der Waals surface area contributed by atoms with E-state index in [4.69, 9.17) is 9.47 Å². The topological polar surface area (TPSA) is 89.9 Å². The van der Waals surface area contributed by atoms with Gasteiger partial charge < -0.3 is 14.6 Å². The van der Waals surface area contributed by atoms with E-state index in [1.807, 2.05) is 19.1 Å². The Morgan fingerprint density at radius 2 is 1.96 bits per heavy atom. The predicted octanol–water partition coefficient (Wildman–Crippen LogP) is 1.90. The molecule has 0 aromatic carbocycles. The third-order valence-electron chi connectivity index (χ3n) is 5.70. The molecule has 0 radical (unpaired) electrons. The van der Waals surface area contributed by atoms with E-state index in [0.29, 0.717) is 6.42 Å². The monoisotopic (exact) mass is 352 g/mol. The number of Topliss-reactive ketones (excluding diaryl/α,β-unsaturated/α-hetero) is 1. The Morgan fingerprint density at radius 3 is 2.56 bits per heavy atom. The molecule has 0 heterocycles. The summed E-state index contributed by atoms with van der Waals surface area (Å²) >= 11 is 0. The fourth-order valence-electron chi connectivity index (χ4n) is 4.56. The van der Waals surface area contributed by atoms with Crippen molar-refractivity contribution in [3.63, 3.8) is 0 Å². The second-order valence-corrected chi connectivity index (χ2v) is 6.96. The molecule has 0 amide bonds. The molecule has 25 heavy (non-hydrogen) atoms. The van der Waals surface area contributed by atoms with E-state index in [1.54, 1.807) is 13.8 Å². The zero-order valence-corrected chi connectivity index (χ0v) is 15.2. The van der Waals surface area contributed by atoms with Crippen LogP contribution in [-0.2, 0) is 23.9 Å². The van der Waals surface area contributed by atoms with Gasteiger partial charge in [0.25, 0.3) is 0 Å². The van der Waals surface area contributed by atoms with Gasteiger partial charge in [0.1, 0.15) is 5.78 Å². The number of allylic oxidation sites excluding steroid dienone is 1. The molecule has 6 heteroatoms. The van der Waals surface area contributed by atoms with E-state index in [0.717, 1.165) is 0 Å². The van der Waals surface area contributed by atoms with Crippen LogP contribution in [0.25, 0.3) is 0 Å². The zero-order valence-electron chi connectivity index (χ0n) is 15.2. The second kappa shape index (κ2) is 8.13. The quantitative estimate of drug-likeness (QED) is 0.580. The summed E-state index contributed by atoms with van der Waals surface area (Å²) in [6.45, 7) is 5.56. The highest BCUT2D eigenvalue weighted by Crippen LogP contribution is 2.55. The van der Waals surface area contributed by atoms with E-state index in [9.17, 15) is 19.5 Å². The lowest BCUT2D eigenvalue weighted by Gasteiger charge is -2.51. The Hall–Kier alpha value is -1.69. The predicted molar refractivity (Wildman–Crippen MR) is 90.4 cm³/mol. The Labute approximate surface area is 148 Å². The molecule has 0 spiro atoms. The van der Waals surface area contributed by atoms with Gasteiger partial charge in [-0.25, -0.2) is 0 Å². The van der Waals surface area contributed by atoms with Crippen molar-refractivity contribution in [3.05, 3.63) is 12.2 Å². The minimum absolute atomic E-state index is 0.0460. The second-order valence-electron chi connectivity index (χ2n) is 6.96. The molecule has 0 bridgehead atoms. The maximum Gasteiger partial charge on any atom is 0.313 e. The molecule has 1 saturated carbocycles. The molecule has 2 rings (SSSR count). The van der Waals surface area contributed by atoms with Gasteiger partial charge in [-0.3, -0.25) is 14.4 Å². The fraction of sp³-hybridized carbons (Fsp3) is 0.737. The number of ether oxygens (including phenoxy) is 2. The SMILES string of the molecule is CCOC(=O)C[C@@]1(C(=O)OCC)[C@H](C)CC(=O)[C@H]2[C@H](CO)C=CC[C@@H]21. The van der Waals surface area contributed by atoms with E-state index in [-0.39, 0.29) is 56.2 Å². The van der Waals surface area contributed by atoms with E-state index >= 15 is 0 Å². The van der Waals surface area contributed by atoms with Gasteiger partial charge >= 0.3 is 11.9 Å². The third kappa shape index (κ3) is 3.50. The minimum atomic E-state index is -1.10. The third-order valence-corrected chi connectivity index (χ3v) is 5.70. The average molecular weight is 352 g/mol. The summed E-state index contributed by atoms with van der Waals surface area (Å²) in [6, 6.07) is 0. The summed E-state index contributed by atoms with van der Waals surface area (Å²) in [5.41, 5.74) is -1.10. The van der Waals surface area contributed by atoms with Crippen LogP contribution in [0.15, 0.2) is 12.2 Å². The number of carbonyl (C=O) groups excluding carboxylic acids is 3. The Morgan fingerprint density at radius 1 is 1.28 bits per heavy atom. The highest BCUT2D eigenvalue weighted by atomic mass is 16.5. The van der Waals surface area contributed by atoms with Gasteiger partial charge in [-0.2, -0.15) is 0 Å². The largest absolute Gasteiger partial charge is 0.466 e. The van der Waals surface area contributed by atoms with Crippen LogP contribution in [0.2, 0.25) is 0 Å². The molecular weight excluding hydrogens is 324 g/mol. The van der Waals surface area contributed by atoms with Crippen LogP contribution in [0.3, 0.4) is 0 Å². The molecular formula is C19H28O6. The number of fused-ring (bicyclic) bond motifs is 1. The van der Waals surface area contributed by atoms with Gasteiger partial charge in [-0.05, 0) is 32.1 Å². The maximum absolute atomic E-state index is 13.0. The first kappa shape index (κ1) is 19.6. The van der Waals surface area contributed by atoms with Crippen molar-refractivity contribution >= 4 is 17.7 Å². The molecule has 0 aromatic rings. The highest BCUT2D eigenvalue weighted by Gasteiger charge is 2.60. The number of esters is 2. The molecule has 1 fully saturated rings. The molecule has 2 aliphatic carbocycles. The highest BCUT2D eigenvalue weighted by molar-refractivity contribution is 5.90. The maximum atomic E-state index is 13.0. The van der Waals surface area contributed by atoms with Crippen molar-refractivity contribution in [2.75, 3.05) is 19.8 Å². The first-order valence-corrected chi connectivity index (χ1v) is 9.05. The molecule has 1 N–H and O–H groups in total. The lowest BCUT2D eigenvalue weighted by molar-refractivity contribution is -0.180. The Bertz CT molecular complexity index is 554. The van der Waals surface area contributed by atoms with Gasteiger partial charge in [0.15, 0.2) is 0 Å². The van der Waals surface area contributed by atoms with Crippen LogP contribution in [0.5, 0.6) is 0 Å². The van der Waals surface area contributed by atoms with Gasteiger partial charge in [0.05, 0.1) is 31.7 Å². The Kier molecular flexibility index (Phi) is 6.38. The standard InChI is InChI=1S/C19H28O6/c1-4-24-16(22)10-19(18(23)25-5-2)12(3)9-15(21)17-13(11-20)7-6-8-14(17)19/h6-7,12-14,17,20H,4-5,8-11H2,1-3H3/t12-,13+,14+,17+,19-/m1/s1. The number of hydrogen-bond donors (Lipinski definition) is 1. The summed E-state index contributed by atoms with van der Waals surface area (Å²) in [7, 11) is 0. The number of hydrogen-bond acceptors (Lipinski definition) is 6. The number of aliphatic hydroxyl groups excluding tert-OH is 1. The molecule has 6 nitrogen and oxygen atoms in total. The molecule has 0 aliphatic heterocycles. The van der Waals surface area contributed by atoms with Crippen molar-refractivity contribution in [2.24, 2.45) is 29.1 Å². The van der Waals surface area contributed by atoms with E-state index < -0.39 is 23.3 Å². The molecule has 0 saturated heterocycles. The smallest absolute Gasteiger partial charge is 0.313 e. The van der Waals surface area contributed by atoms with Crippen LogP contribution >= 0.6 is 0 Å². The molecule has 5 atom stereocenters. The summed E-state index contributed by atoms with van der Waals surface area (Å²) in [5, 5.41) is 9.68. The zero-order chi connectivity index (χ0) is 18.6. The van der Waals surface area contributed by atoms with E-state index in [2.05, 4.69) is 0 Å². The number of ketones is 1. The van der Waals surface area contributed by atoms with Crippen LogP contribution in [-0.4, -0.2) is 42.6 Å². The normalized spacial score (nSPS) is 34.3. The van der Waals surface area contributed by atoms with E-state index in [1.165, 1.54) is 0 Å². The first-order valence-electron chi connectivity index (χ1n) is 9.05. The van der Waals surface area contributed by atoms with Gasteiger partial charge in [-0.15, -0.1) is 0 Å². The van der Waals surface area contributed by atoms with Crippen molar-refractivity contribution in [3.8, 4) is 0 Å². The summed E-state index contributed by atoms with van der Waals surface area (Å²) in [6.07, 6.45) is 4.35. The number of rotatable bonds is 6. The molecule has 0 unspecified atom stereocenters. The minimum Gasteiger partial charge on any atom is -0.466 e. The number of carbonyl (C=O) groups is 3. The van der Waals surface area contributed by atoms with Crippen LogP contribution in [0, 0.1) is 29.1 Å². The van der Waals surface area contributed by atoms with Gasteiger partial charge in [0, 0.05) is 18.3 Å². The summed E-state index contributed by atoms with van der Waals surface area (Å²) < 4.78 is 10.4. The number of aliphatic hydroxyl groups is 1. The van der Waals surface area contributed by atoms with Crippen molar-refractivity contribution in [1.29, 1.82) is 0 Å². The first-order chi connectivity index (χ1) is 11.9. The fourth-order valence-corrected chi connectivity index (χ4v) is 4.56. The van der Waals surface area contributed by atoms with Gasteiger partial charge in [0.2, 0.25) is 0 Å². The summed E-state index contributed by atoms with van der Waals surface area (Å²) in [5.74, 6) is -2.33. The van der Waals surface area contributed by atoms with Crippen molar-refractivity contribution in [1.82, 2.24) is 0 Å². The molecule has 140 valence electrons. The van der Waals surface area contributed by atoms with Crippen molar-refractivity contribution in [2.45, 2.75) is 40.0 Å². The Balaban J connectivity index is 2.49. The van der Waals surface area contributed by atoms with Crippen molar-refractivity contribution < 1.29 is 29.0 Å². The molecule has 2 aliphatic rings. The van der Waals surface area contributed by atoms with Crippen LogP contribution in [0.1, 0.15) is 40.0 Å². The average Bonchev–Trinajstić information content (AvgIpc) is 2.58. The lowest BCUT2D eigenvalue weighted by atomic mass is 9.51.